The minimum Gasteiger partial charge on any atom is -0.391 e. The van der Waals surface area contributed by atoms with Crippen molar-refractivity contribution in [3.63, 3.8) is 0 Å². The maximum absolute atomic E-state index is 12.9. The van der Waals surface area contributed by atoms with Crippen molar-refractivity contribution >= 4 is 13.7 Å². The Bertz CT molecular complexity index is 963. The quantitative estimate of drug-likeness (QED) is 0.0319. The summed E-state index contributed by atoms with van der Waals surface area (Å²) in [6, 6.07) is -0.754. The van der Waals surface area contributed by atoms with Gasteiger partial charge in [-0.3, -0.25) is 13.8 Å². The number of phosphoric acid groups is 1. The molecule has 0 fully saturated rings. The number of aliphatic hydroxyl groups is 1. The molecule has 3 atom stereocenters. The molecule has 0 spiro atoms. The van der Waals surface area contributed by atoms with Crippen LogP contribution in [-0.2, 0) is 18.4 Å². The van der Waals surface area contributed by atoms with Crippen molar-refractivity contribution in [2.75, 3.05) is 40.9 Å². The Kier molecular flexibility index (Phi) is 44.3. The molecule has 0 heterocycles. The van der Waals surface area contributed by atoms with Crippen LogP contribution in [0.4, 0.5) is 0 Å². The second-order valence-corrected chi connectivity index (χ2v) is 21.4. The lowest BCUT2D eigenvalue weighted by Gasteiger charge is -2.26. The molecule has 0 aliphatic carbocycles. The SMILES string of the molecule is CCCCCCCCCCCCCCCCCCCCCCCCCC(O)C(COP(=O)(O)OCC[N+](C)(C)C)NC(=O)CCCCCCCCCCCCCCCCCC. The fourth-order valence-electron chi connectivity index (χ4n) is 8.34. The van der Waals surface area contributed by atoms with E-state index in [9.17, 15) is 19.4 Å². The number of likely N-dealkylation sites (N-methyl/N-ethyl adjacent to an activating group) is 1. The van der Waals surface area contributed by atoms with Gasteiger partial charge >= 0.3 is 7.82 Å². The van der Waals surface area contributed by atoms with Crippen LogP contribution in [0, 0.1) is 0 Å². The molecule has 0 aromatic rings. The molecule has 9 heteroatoms. The van der Waals surface area contributed by atoms with Gasteiger partial charge in [-0.2, -0.15) is 0 Å². The first-order valence-electron chi connectivity index (χ1n) is 26.9. The van der Waals surface area contributed by atoms with Crippen LogP contribution < -0.4 is 5.32 Å². The van der Waals surface area contributed by atoms with Crippen LogP contribution in [-0.4, -0.2) is 73.4 Å². The van der Waals surface area contributed by atoms with Crippen LogP contribution in [0.1, 0.15) is 277 Å². The average Bonchev–Trinajstić information content (AvgIpc) is 3.21. The number of phosphoric ester groups is 1. The molecule has 8 nitrogen and oxygen atoms in total. The third-order valence-corrected chi connectivity index (χ3v) is 13.6. The zero-order valence-corrected chi connectivity index (χ0v) is 42.6. The minimum absolute atomic E-state index is 0.0790. The van der Waals surface area contributed by atoms with E-state index < -0.39 is 20.0 Å². The summed E-state index contributed by atoms with van der Waals surface area (Å²) in [5.74, 6) is -0.138. The molecule has 0 saturated heterocycles. The van der Waals surface area contributed by atoms with Gasteiger partial charge < -0.3 is 19.8 Å². The fourth-order valence-corrected chi connectivity index (χ4v) is 9.08. The lowest BCUT2D eigenvalue weighted by atomic mass is 10.0. The summed E-state index contributed by atoms with van der Waals surface area (Å²) in [5, 5.41) is 14.0. The average molecular weight is 888 g/mol. The zero-order chi connectivity index (χ0) is 45.0. The summed E-state index contributed by atoms with van der Waals surface area (Å²) in [5.41, 5.74) is 0. The molecule has 61 heavy (non-hydrogen) atoms. The first kappa shape index (κ1) is 60.5. The van der Waals surface area contributed by atoms with Gasteiger partial charge in [0.1, 0.15) is 13.2 Å². The number of nitrogens with zero attached hydrogens (tertiary/aromatic N) is 1. The Labute approximate surface area is 380 Å². The van der Waals surface area contributed by atoms with E-state index in [1.54, 1.807) is 0 Å². The predicted octanol–water partition coefficient (Wildman–Crippen LogP) is 15.7. The predicted molar refractivity (Wildman–Crippen MR) is 263 cm³/mol. The maximum Gasteiger partial charge on any atom is 0.472 e. The van der Waals surface area contributed by atoms with Crippen molar-refractivity contribution < 1.29 is 32.9 Å². The number of hydrogen-bond donors (Lipinski definition) is 3. The Hall–Kier alpha value is -0.500. The van der Waals surface area contributed by atoms with Crippen molar-refractivity contribution in [1.82, 2.24) is 5.32 Å². The van der Waals surface area contributed by atoms with Gasteiger partial charge in [0.15, 0.2) is 0 Å². The largest absolute Gasteiger partial charge is 0.472 e. The molecule has 0 saturated carbocycles. The van der Waals surface area contributed by atoms with Gasteiger partial charge in [-0.15, -0.1) is 0 Å². The molecule has 0 aliphatic rings. The molecule has 1 amide bonds. The molecule has 0 aromatic heterocycles. The summed E-state index contributed by atoms with van der Waals surface area (Å²) in [6.45, 7) is 4.93. The Morgan fingerprint density at radius 1 is 0.492 bits per heavy atom. The normalized spacial score (nSPS) is 14.0. The molecule has 0 rings (SSSR count). The van der Waals surface area contributed by atoms with Crippen molar-refractivity contribution in [2.45, 2.75) is 289 Å². The van der Waals surface area contributed by atoms with E-state index >= 15 is 0 Å². The number of quaternary nitrogens is 1. The minimum atomic E-state index is -4.31. The van der Waals surface area contributed by atoms with Crippen LogP contribution in [0.2, 0.25) is 0 Å². The van der Waals surface area contributed by atoms with Crippen molar-refractivity contribution in [2.24, 2.45) is 0 Å². The van der Waals surface area contributed by atoms with E-state index in [1.165, 1.54) is 212 Å². The second-order valence-electron chi connectivity index (χ2n) is 20.0. The van der Waals surface area contributed by atoms with Gasteiger partial charge in [-0.1, -0.05) is 258 Å². The van der Waals surface area contributed by atoms with E-state index in [-0.39, 0.29) is 19.1 Å². The summed E-state index contributed by atoms with van der Waals surface area (Å²) >= 11 is 0. The second kappa shape index (κ2) is 44.7. The number of unbranched alkanes of at least 4 members (excludes halogenated alkanes) is 37. The number of nitrogens with one attached hydrogen (secondary N) is 1. The highest BCUT2D eigenvalue weighted by atomic mass is 31.2. The molecule has 3 unspecified atom stereocenters. The number of carbonyl (C=O) groups is 1. The molecule has 0 radical (unpaired) electrons. The third kappa shape index (κ3) is 47.3. The van der Waals surface area contributed by atoms with Crippen LogP contribution in [0.5, 0.6) is 0 Å². The maximum atomic E-state index is 12.9. The topological polar surface area (TPSA) is 105 Å². The molecule has 366 valence electrons. The number of rotatable bonds is 50. The van der Waals surface area contributed by atoms with Gasteiger partial charge in [0.05, 0.1) is 39.9 Å². The highest BCUT2D eigenvalue weighted by Crippen LogP contribution is 2.43. The molecule has 0 aliphatic heterocycles. The Morgan fingerprint density at radius 3 is 1.10 bits per heavy atom. The third-order valence-electron chi connectivity index (χ3n) is 12.6. The number of carbonyl (C=O) groups excluding carboxylic acids is 1. The van der Waals surface area contributed by atoms with Crippen molar-refractivity contribution in [3.8, 4) is 0 Å². The summed E-state index contributed by atoms with van der Waals surface area (Å²) in [7, 11) is 1.63. The Morgan fingerprint density at radius 2 is 0.787 bits per heavy atom. The van der Waals surface area contributed by atoms with Crippen LogP contribution in [0.25, 0.3) is 0 Å². The lowest BCUT2D eigenvalue weighted by Crippen LogP contribution is -2.46. The van der Waals surface area contributed by atoms with Crippen LogP contribution in [0.15, 0.2) is 0 Å². The van der Waals surface area contributed by atoms with Gasteiger partial charge in [-0.05, 0) is 12.8 Å². The van der Waals surface area contributed by atoms with E-state index in [4.69, 9.17) is 9.05 Å². The monoisotopic (exact) mass is 888 g/mol. The zero-order valence-electron chi connectivity index (χ0n) is 41.7. The lowest BCUT2D eigenvalue weighted by molar-refractivity contribution is -0.870. The molecule has 0 aromatic carbocycles. The van der Waals surface area contributed by atoms with E-state index in [1.807, 2.05) is 21.1 Å². The first-order valence-corrected chi connectivity index (χ1v) is 28.4. The van der Waals surface area contributed by atoms with Gasteiger partial charge in [-0.25, -0.2) is 4.57 Å². The standard InChI is InChI=1S/C52H107N2O6P/c1-6-8-10-12-14-16-18-20-22-24-25-26-27-28-29-30-31-33-35-37-39-41-43-45-51(55)50(49-60-61(57,58)59-48-47-54(3,4)5)53-52(56)46-44-42-40-38-36-34-32-23-21-19-17-15-13-11-9-7-2/h50-51,55H,6-49H2,1-5H3,(H-,53,56,57,58)/p+1. The smallest absolute Gasteiger partial charge is 0.391 e. The molecular formula is C52H108N2O6P+. The summed E-state index contributed by atoms with van der Waals surface area (Å²) < 4.78 is 23.7. The van der Waals surface area contributed by atoms with Crippen LogP contribution in [0.3, 0.4) is 0 Å². The molecule has 0 bridgehead atoms. The van der Waals surface area contributed by atoms with Gasteiger partial charge in [0, 0.05) is 6.42 Å². The van der Waals surface area contributed by atoms with E-state index in [0.717, 1.165) is 38.5 Å². The number of amides is 1. The van der Waals surface area contributed by atoms with Gasteiger partial charge in [0.25, 0.3) is 0 Å². The van der Waals surface area contributed by atoms with Gasteiger partial charge in [0.2, 0.25) is 5.91 Å². The fraction of sp³-hybridized carbons (Fsp3) is 0.981. The van der Waals surface area contributed by atoms with E-state index in [2.05, 4.69) is 19.2 Å². The van der Waals surface area contributed by atoms with Crippen LogP contribution >= 0.6 is 7.82 Å². The Balaban J connectivity index is 4.17. The molecular weight excluding hydrogens is 780 g/mol. The summed E-state index contributed by atoms with van der Waals surface area (Å²) in [4.78, 5) is 23.3. The highest BCUT2D eigenvalue weighted by Gasteiger charge is 2.28. The molecule has 3 N–H and O–H groups in total. The summed E-state index contributed by atoms with van der Waals surface area (Å²) in [6.07, 6.45) is 51.4. The number of hydrogen-bond acceptors (Lipinski definition) is 5. The first-order chi connectivity index (χ1) is 29.5. The van der Waals surface area contributed by atoms with Crippen molar-refractivity contribution in [3.05, 3.63) is 0 Å². The highest BCUT2D eigenvalue weighted by molar-refractivity contribution is 7.47. The van der Waals surface area contributed by atoms with E-state index in [0.29, 0.717) is 23.9 Å². The number of aliphatic hydroxyl groups excluding tert-OH is 1. The van der Waals surface area contributed by atoms with Crippen molar-refractivity contribution in [1.29, 1.82) is 0 Å².